The standard InChI is InChI=1S/C26H22N6O3/c1-15-19(3-4-20-21(15)14-35-25(20)34)24(33)13-31-7-6-22-18(12-31)10-28-26(30-22)32-23-5-2-16(9-27)8-17(23)11-29-32/h2-5,8,10-11,24,33H,6-7,12-14H2,1H3. The van der Waals surface area contributed by atoms with Crippen molar-refractivity contribution in [2.24, 2.45) is 0 Å². The molecular weight excluding hydrogens is 444 g/mol. The lowest BCUT2D eigenvalue weighted by atomic mass is 9.95. The molecule has 4 aromatic rings. The lowest BCUT2D eigenvalue weighted by Gasteiger charge is -2.30. The van der Waals surface area contributed by atoms with Gasteiger partial charge >= 0.3 is 5.97 Å². The fourth-order valence-electron chi connectivity index (χ4n) is 4.96. The Labute approximate surface area is 201 Å². The molecule has 174 valence electrons. The summed E-state index contributed by atoms with van der Waals surface area (Å²) in [4.78, 5) is 23.3. The average Bonchev–Trinajstić information content (AvgIpc) is 3.47. The summed E-state index contributed by atoms with van der Waals surface area (Å²) >= 11 is 0. The number of hydrogen-bond acceptors (Lipinski definition) is 8. The Balaban J connectivity index is 1.20. The first kappa shape index (κ1) is 21.4. The maximum Gasteiger partial charge on any atom is 0.338 e. The highest BCUT2D eigenvalue weighted by Crippen LogP contribution is 2.30. The maximum absolute atomic E-state index is 11.8. The van der Waals surface area contributed by atoms with Crippen LogP contribution in [0.5, 0.6) is 0 Å². The molecule has 0 saturated heterocycles. The van der Waals surface area contributed by atoms with Gasteiger partial charge in [0.05, 0.1) is 40.7 Å². The predicted octanol–water partition coefficient (Wildman–Crippen LogP) is 2.76. The number of esters is 1. The molecule has 35 heavy (non-hydrogen) atoms. The number of aliphatic hydroxyl groups excluding tert-OH is 1. The Bertz CT molecular complexity index is 1540. The number of ether oxygens (including phenoxy) is 1. The largest absolute Gasteiger partial charge is 0.457 e. The summed E-state index contributed by atoms with van der Waals surface area (Å²) < 4.78 is 6.83. The topological polar surface area (TPSA) is 117 Å². The summed E-state index contributed by atoms with van der Waals surface area (Å²) in [5.74, 6) is 0.202. The van der Waals surface area contributed by atoms with E-state index in [1.54, 1.807) is 29.1 Å². The first-order valence-corrected chi connectivity index (χ1v) is 11.4. The molecule has 2 aromatic heterocycles. The van der Waals surface area contributed by atoms with E-state index < -0.39 is 6.10 Å². The van der Waals surface area contributed by atoms with Gasteiger partial charge in [-0.2, -0.15) is 15.0 Å². The highest BCUT2D eigenvalue weighted by Gasteiger charge is 2.27. The van der Waals surface area contributed by atoms with Crippen LogP contribution in [0.1, 0.15) is 50.0 Å². The smallest absolute Gasteiger partial charge is 0.338 e. The number of β-amino-alcohol motifs (C(OH)–C–C–N with tert-alkyl or cyclic N) is 1. The van der Waals surface area contributed by atoms with Gasteiger partial charge in [-0.05, 0) is 42.3 Å². The second kappa shape index (κ2) is 8.27. The van der Waals surface area contributed by atoms with Gasteiger partial charge in [-0.15, -0.1) is 0 Å². The second-order valence-corrected chi connectivity index (χ2v) is 8.97. The van der Waals surface area contributed by atoms with Crippen LogP contribution in [0.2, 0.25) is 0 Å². The first-order valence-electron chi connectivity index (χ1n) is 11.4. The van der Waals surface area contributed by atoms with Crippen molar-refractivity contribution in [2.75, 3.05) is 13.1 Å². The van der Waals surface area contributed by atoms with Crippen LogP contribution >= 0.6 is 0 Å². The van der Waals surface area contributed by atoms with Crippen LogP contribution in [0.3, 0.4) is 0 Å². The SMILES string of the molecule is Cc1c(C(O)CN2CCc3nc(-n4ncc5cc(C#N)ccc54)ncc3C2)ccc2c1COC2=O. The van der Waals surface area contributed by atoms with Crippen LogP contribution in [0.4, 0.5) is 0 Å². The number of nitriles is 1. The molecule has 2 aliphatic heterocycles. The zero-order valence-corrected chi connectivity index (χ0v) is 19.1. The second-order valence-electron chi connectivity index (χ2n) is 8.97. The molecule has 1 N–H and O–H groups in total. The van der Waals surface area contributed by atoms with Gasteiger partial charge in [0.25, 0.3) is 5.95 Å². The Hall–Kier alpha value is -4.13. The molecule has 2 aromatic carbocycles. The molecule has 0 amide bonds. The van der Waals surface area contributed by atoms with Gasteiger partial charge in [-0.3, -0.25) is 4.90 Å². The van der Waals surface area contributed by atoms with Gasteiger partial charge in [-0.25, -0.2) is 14.8 Å². The van der Waals surface area contributed by atoms with E-state index in [4.69, 9.17) is 15.0 Å². The molecule has 2 aliphatic rings. The zero-order chi connectivity index (χ0) is 24.1. The number of hydrogen-bond donors (Lipinski definition) is 1. The fraction of sp³-hybridized carbons (Fsp3) is 0.269. The van der Waals surface area contributed by atoms with Crippen LogP contribution in [-0.4, -0.2) is 48.8 Å². The normalized spacial score (nSPS) is 16.0. The maximum atomic E-state index is 11.8. The summed E-state index contributed by atoms with van der Waals surface area (Å²) in [7, 11) is 0. The van der Waals surface area contributed by atoms with Gasteiger partial charge in [0, 0.05) is 48.8 Å². The Kier molecular flexibility index (Phi) is 5.06. The minimum atomic E-state index is -0.675. The Morgan fingerprint density at radius 2 is 2.14 bits per heavy atom. The number of nitrogens with zero attached hydrogens (tertiary/aromatic N) is 6. The number of benzene rings is 2. The van der Waals surface area contributed by atoms with E-state index in [-0.39, 0.29) is 12.6 Å². The van der Waals surface area contributed by atoms with Crippen LogP contribution in [-0.2, 0) is 24.3 Å². The van der Waals surface area contributed by atoms with Crippen LogP contribution in [0.25, 0.3) is 16.9 Å². The molecule has 0 fully saturated rings. The fourth-order valence-corrected chi connectivity index (χ4v) is 4.96. The van der Waals surface area contributed by atoms with E-state index in [2.05, 4.69) is 21.1 Å². The number of rotatable bonds is 4. The van der Waals surface area contributed by atoms with Gasteiger partial charge in [0.1, 0.15) is 6.61 Å². The van der Waals surface area contributed by atoms with Crippen molar-refractivity contribution in [3.8, 4) is 12.0 Å². The van der Waals surface area contributed by atoms with E-state index in [9.17, 15) is 9.90 Å². The average molecular weight is 467 g/mol. The number of aliphatic hydroxyl groups is 1. The van der Waals surface area contributed by atoms with Crippen molar-refractivity contribution >= 4 is 16.9 Å². The number of carbonyl (C=O) groups is 1. The highest BCUT2D eigenvalue weighted by molar-refractivity contribution is 5.94. The number of cyclic esters (lactones) is 1. The molecule has 9 nitrogen and oxygen atoms in total. The predicted molar refractivity (Wildman–Crippen MR) is 126 cm³/mol. The molecular formula is C26H22N6O3. The molecule has 1 atom stereocenters. The third-order valence-electron chi connectivity index (χ3n) is 6.88. The van der Waals surface area contributed by atoms with Gasteiger partial charge in [0.2, 0.25) is 0 Å². The molecule has 0 radical (unpaired) electrons. The van der Waals surface area contributed by atoms with Crippen LogP contribution in [0, 0.1) is 18.3 Å². The van der Waals surface area contributed by atoms with Crippen molar-refractivity contribution in [2.45, 2.75) is 32.6 Å². The Morgan fingerprint density at radius 1 is 1.26 bits per heavy atom. The van der Waals surface area contributed by atoms with Gasteiger partial charge in [0.15, 0.2) is 0 Å². The molecule has 0 aliphatic carbocycles. The molecule has 9 heteroatoms. The first-order chi connectivity index (χ1) is 17.0. The lowest BCUT2D eigenvalue weighted by Crippen LogP contribution is -2.35. The number of carbonyl (C=O) groups excluding carboxylic acids is 1. The molecule has 6 rings (SSSR count). The van der Waals surface area contributed by atoms with Crippen molar-refractivity contribution in [3.05, 3.63) is 81.8 Å². The lowest BCUT2D eigenvalue weighted by molar-refractivity contribution is 0.0535. The molecule has 0 bridgehead atoms. The van der Waals surface area contributed by atoms with Crippen molar-refractivity contribution in [3.63, 3.8) is 0 Å². The van der Waals surface area contributed by atoms with E-state index >= 15 is 0 Å². The zero-order valence-electron chi connectivity index (χ0n) is 19.1. The monoisotopic (exact) mass is 466 g/mol. The van der Waals surface area contributed by atoms with Crippen molar-refractivity contribution in [1.82, 2.24) is 24.6 Å². The van der Waals surface area contributed by atoms with Crippen molar-refractivity contribution < 1.29 is 14.6 Å². The van der Waals surface area contributed by atoms with Gasteiger partial charge < -0.3 is 9.84 Å². The minimum Gasteiger partial charge on any atom is -0.457 e. The number of aromatic nitrogens is 4. The van der Waals surface area contributed by atoms with E-state index in [1.807, 2.05) is 25.3 Å². The van der Waals surface area contributed by atoms with Crippen molar-refractivity contribution in [1.29, 1.82) is 5.26 Å². The molecule has 4 heterocycles. The minimum absolute atomic E-state index is 0.266. The highest BCUT2D eigenvalue weighted by atomic mass is 16.5. The summed E-state index contributed by atoms with van der Waals surface area (Å²) in [5, 5.41) is 25.4. The quantitative estimate of drug-likeness (QED) is 0.456. The van der Waals surface area contributed by atoms with Gasteiger partial charge in [-0.1, -0.05) is 6.07 Å². The van der Waals surface area contributed by atoms with E-state index in [0.29, 0.717) is 30.2 Å². The third-order valence-corrected chi connectivity index (χ3v) is 6.88. The summed E-state index contributed by atoms with van der Waals surface area (Å²) in [5.41, 5.74) is 6.63. The molecule has 0 saturated carbocycles. The summed E-state index contributed by atoms with van der Waals surface area (Å²) in [6.07, 6.45) is 3.61. The molecule has 0 spiro atoms. The summed E-state index contributed by atoms with van der Waals surface area (Å²) in [6.45, 7) is 4.07. The van der Waals surface area contributed by atoms with E-state index in [0.717, 1.165) is 51.8 Å². The van der Waals surface area contributed by atoms with Crippen LogP contribution < -0.4 is 0 Å². The van der Waals surface area contributed by atoms with Crippen LogP contribution in [0.15, 0.2) is 42.7 Å². The Morgan fingerprint density at radius 3 is 3.00 bits per heavy atom. The van der Waals surface area contributed by atoms with E-state index in [1.165, 1.54) is 0 Å². The third kappa shape index (κ3) is 3.64. The molecule has 1 unspecified atom stereocenters. The summed E-state index contributed by atoms with van der Waals surface area (Å²) in [6, 6.07) is 11.1. The number of fused-ring (bicyclic) bond motifs is 3.